The van der Waals surface area contributed by atoms with E-state index in [9.17, 15) is 0 Å². The highest BCUT2D eigenvalue weighted by atomic mass is 16.5. The lowest BCUT2D eigenvalue weighted by Crippen LogP contribution is -2.09. The second-order valence-corrected chi connectivity index (χ2v) is 3.41. The van der Waals surface area contributed by atoms with E-state index >= 15 is 0 Å². The summed E-state index contributed by atoms with van der Waals surface area (Å²) in [6.45, 7) is 6.36. The normalized spacial score (nSPS) is 10.4. The highest BCUT2D eigenvalue weighted by molar-refractivity contribution is 5.25. The van der Waals surface area contributed by atoms with E-state index in [2.05, 4.69) is 11.9 Å². The fourth-order valence-corrected chi connectivity index (χ4v) is 1.34. The molecule has 16 heavy (non-hydrogen) atoms. The summed E-state index contributed by atoms with van der Waals surface area (Å²) in [5.74, 6) is 0.638. The zero-order valence-electron chi connectivity index (χ0n) is 10.0. The van der Waals surface area contributed by atoms with Crippen molar-refractivity contribution in [3.63, 3.8) is 0 Å². The number of hydrogen-bond acceptors (Lipinski definition) is 4. The van der Waals surface area contributed by atoms with Crippen LogP contribution in [0.3, 0.4) is 0 Å². The van der Waals surface area contributed by atoms with Crippen molar-refractivity contribution in [2.75, 3.05) is 19.8 Å². The Kier molecular flexibility index (Phi) is 5.82. The summed E-state index contributed by atoms with van der Waals surface area (Å²) in [5, 5.41) is 0. The van der Waals surface area contributed by atoms with Crippen molar-refractivity contribution in [1.29, 1.82) is 0 Å². The van der Waals surface area contributed by atoms with Crippen LogP contribution in [0.2, 0.25) is 0 Å². The summed E-state index contributed by atoms with van der Waals surface area (Å²) in [4.78, 5) is 4.36. The number of ether oxygens (including phenoxy) is 2. The zero-order chi connectivity index (χ0) is 11.8. The molecule has 0 amide bonds. The highest BCUT2D eigenvalue weighted by Crippen LogP contribution is 2.12. The smallest absolute Gasteiger partial charge is 0.213 e. The van der Waals surface area contributed by atoms with Crippen molar-refractivity contribution in [1.82, 2.24) is 4.98 Å². The molecular weight excluding hydrogens is 204 g/mol. The van der Waals surface area contributed by atoms with Gasteiger partial charge in [0.05, 0.1) is 6.61 Å². The van der Waals surface area contributed by atoms with Crippen LogP contribution in [-0.4, -0.2) is 24.8 Å². The molecule has 0 bridgehead atoms. The SMILES string of the molecule is CCOCCOc1cc(CN)cc(CC)n1. The van der Waals surface area contributed by atoms with Crippen LogP contribution in [0.15, 0.2) is 12.1 Å². The van der Waals surface area contributed by atoms with E-state index < -0.39 is 0 Å². The van der Waals surface area contributed by atoms with Crippen molar-refractivity contribution < 1.29 is 9.47 Å². The van der Waals surface area contributed by atoms with E-state index in [4.69, 9.17) is 15.2 Å². The molecule has 2 N–H and O–H groups in total. The first kappa shape index (κ1) is 12.9. The van der Waals surface area contributed by atoms with Gasteiger partial charge in [-0.25, -0.2) is 4.98 Å². The number of pyridine rings is 1. The molecule has 0 unspecified atom stereocenters. The third-order valence-corrected chi connectivity index (χ3v) is 2.19. The largest absolute Gasteiger partial charge is 0.475 e. The zero-order valence-corrected chi connectivity index (χ0v) is 10.0. The van der Waals surface area contributed by atoms with Crippen molar-refractivity contribution in [2.45, 2.75) is 26.8 Å². The lowest BCUT2D eigenvalue weighted by molar-refractivity contribution is 0.108. The van der Waals surface area contributed by atoms with E-state index in [1.54, 1.807) is 0 Å². The molecule has 90 valence electrons. The Morgan fingerprint density at radius 2 is 2.06 bits per heavy atom. The number of rotatable bonds is 7. The van der Waals surface area contributed by atoms with Gasteiger partial charge < -0.3 is 15.2 Å². The number of hydrogen-bond donors (Lipinski definition) is 1. The van der Waals surface area contributed by atoms with Crippen LogP contribution in [0.4, 0.5) is 0 Å². The Hall–Kier alpha value is -1.13. The molecule has 1 aromatic heterocycles. The molecule has 0 aliphatic rings. The van der Waals surface area contributed by atoms with Crippen LogP contribution in [0, 0.1) is 0 Å². The number of aromatic nitrogens is 1. The minimum atomic E-state index is 0.511. The number of nitrogens with zero attached hydrogens (tertiary/aromatic N) is 1. The summed E-state index contributed by atoms with van der Waals surface area (Å²) in [6, 6.07) is 3.89. The average molecular weight is 224 g/mol. The Labute approximate surface area is 96.8 Å². The van der Waals surface area contributed by atoms with Crippen LogP contribution < -0.4 is 10.5 Å². The first-order valence-corrected chi connectivity index (χ1v) is 5.70. The lowest BCUT2D eigenvalue weighted by atomic mass is 10.2. The molecule has 0 spiro atoms. The van der Waals surface area contributed by atoms with Gasteiger partial charge in [-0.1, -0.05) is 6.92 Å². The van der Waals surface area contributed by atoms with E-state index in [1.165, 1.54) is 0 Å². The molecule has 4 nitrogen and oxygen atoms in total. The molecule has 0 aromatic carbocycles. The molecule has 0 atom stereocenters. The topological polar surface area (TPSA) is 57.4 Å². The van der Waals surface area contributed by atoms with Gasteiger partial charge in [0, 0.05) is 24.9 Å². The van der Waals surface area contributed by atoms with E-state index in [-0.39, 0.29) is 0 Å². The van der Waals surface area contributed by atoms with Gasteiger partial charge in [-0.15, -0.1) is 0 Å². The molecule has 0 aliphatic heterocycles. The van der Waals surface area contributed by atoms with Gasteiger partial charge in [0.15, 0.2) is 0 Å². The monoisotopic (exact) mass is 224 g/mol. The van der Waals surface area contributed by atoms with Gasteiger partial charge in [0.1, 0.15) is 6.61 Å². The van der Waals surface area contributed by atoms with Crippen LogP contribution in [0.1, 0.15) is 25.1 Å². The third-order valence-electron chi connectivity index (χ3n) is 2.19. The van der Waals surface area contributed by atoms with Gasteiger partial charge >= 0.3 is 0 Å². The Bertz CT molecular complexity index is 294. The first-order valence-electron chi connectivity index (χ1n) is 5.70. The summed E-state index contributed by atoms with van der Waals surface area (Å²) >= 11 is 0. The van der Waals surface area contributed by atoms with Crippen LogP contribution in [0.25, 0.3) is 0 Å². The quantitative estimate of drug-likeness (QED) is 0.713. The Morgan fingerprint density at radius 1 is 1.25 bits per heavy atom. The third kappa shape index (κ3) is 4.16. The second kappa shape index (κ2) is 7.19. The van der Waals surface area contributed by atoms with Crippen molar-refractivity contribution in [3.8, 4) is 5.88 Å². The molecule has 1 heterocycles. The molecule has 1 aromatic rings. The molecule has 4 heteroatoms. The fraction of sp³-hybridized carbons (Fsp3) is 0.583. The van der Waals surface area contributed by atoms with E-state index in [1.807, 2.05) is 19.1 Å². The van der Waals surface area contributed by atoms with Crippen LogP contribution >= 0.6 is 0 Å². The molecule has 1 rings (SSSR count). The molecule has 0 saturated heterocycles. The van der Waals surface area contributed by atoms with Crippen LogP contribution in [0.5, 0.6) is 5.88 Å². The Morgan fingerprint density at radius 3 is 2.69 bits per heavy atom. The lowest BCUT2D eigenvalue weighted by Gasteiger charge is -2.08. The van der Waals surface area contributed by atoms with E-state index in [0.717, 1.165) is 17.7 Å². The minimum Gasteiger partial charge on any atom is -0.475 e. The minimum absolute atomic E-state index is 0.511. The standard InChI is InChI=1S/C12H20N2O2/c1-3-11-7-10(9-13)8-12(14-11)16-6-5-15-4-2/h7-8H,3-6,9,13H2,1-2H3. The molecule has 0 aliphatic carbocycles. The Balaban J connectivity index is 2.57. The van der Waals surface area contributed by atoms with Gasteiger partial charge in [-0.05, 0) is 25.0 Å². The predicted octanol–water partition coefficient (Wildman–Crippen LogP) is 1.52. The maximum Gasteiger partial charge on any atom is 0.213 e. The fourth-order valence-electron chi connectivity index (χ4n) is 1.34. The predicted molar refractivity (Wildman–Crippen MR) is 63.5 cm³/mol. The van der Waals surface area contributed by atoms with Gasteiger partial charge in [0.25, 0.3) is 0 Å². The molecular formula is C12H20N2O2. The summed E-state index contributed by atoms with van der Waals surface area (Å²) in [7, 11) is 0. The van der Waals surface area contributed by atoms with Crippen molar-refractivity contribution in [2.24, 2.45) is 5.73 Å². The average Bonchev–Trinajstić information content (AvgIpc) is 2.34. The summed E-state index contributed by atoms with van der Waals surface area (Å²) in [6.07, 6.45) is 0.885. The van der Waals surface area contributed by atoms with Gasteiger partial charge in [-0.2, -0.15) is 0 Å². The first-order chi connectivity index (χ1) is 7.80. The maximum absolute atomic E-state index is 5.61. The van der Waals surface area contributed by atoms with Gasteiger partial charge in [0.2, 0.25) is 5.88 Å². The highest BCUT2D eigenvalue weighted by Gasteiger charge is 2.01. The molecule has 0 fully saturated rings. The van der Waals surface area contributed by atoms with Gasteiger partial charge in [-0.3, -0.25) is 0 Å². The summed E-state index contributed by atoms with van der Waals surface area (Å²) in [5.41, 5.74) is 7.67. The van der Waals surface area contributed by atoms with E-state index in [0.29, 0.717) is 32.2 Å². The summed E-state index contributed by atoms with van der Waals surface area (Å²) < 4.78 is 10.7. The van der Waals surface area contributed by atoms with Crippen LogP contribution in [-0.2, 0) is 17.7 Å². The maximum atomic E-state index is 5.61. The van der Waals surface area contributed by atoms with Crippen molar-refractivity contribution >= 4 is 0 Å². The van der Waals surface area contributed by atoms with Crippen molar-refractivity contribution in [3.05, 3.63) is 23.4 Å². The molecule has 0 saturated carbocycles. The molecule has 0 radical (unpaired) electrons. The number of nitrogens with two attached hydrogens (primary N) is 1. The number of aryl methyl sites for hydroxylation is 1. The second-order valence-electron chi connectivity index (χ2n) is 3.41.